The van der Waals surface area contributed by atoms with E-state index in [1.54, 1.807) is 47.6 Å². The van der Waals surface area contributed by atoms with Crippen molar-refractivity contribution in [1.82, 2.24) is 14.3 Å². The lowest BCUT2D eigenvalue weighted by Crippen LogP contribution is -2.27. The van der Waals surface area contributed by atoms with Gasteiger partial charge in [-0.2, -0.15) is 0 Å². The van der Waals surface area contributed by atoms with Crippen molar-refractivity contribution in [3.63, 3.8) is 0 Å². The third-order valence-corrected chi connectivity index (χ3v) is 5.69. The molecule has 2 heterocycles. The van der Waals surface area contributed by atoms with Crippen molar-refractivity contribution in [2.24, 2.45) is 0 Å². The number of rotatable bonds is 9. The molecule has 2 aromatic carbocycles. The van der Waals surface area contributed by atoms with E-state index in [4.69, 9.17) is 9.47 Å². The van der Waals surface area contributed by atoms with E-state index in [9.17, 15) is 14.0 Å². The second-order valence-electron chi connectivity index (χ2n) is 7.73. The Morgan fingerprint density at radius 2 is 1.88 bits per heavy atom. The molecule has 7 nitrogen and oxygen atoms in total. The van der Waals surface area contributed by atoms with Crippen LogP contribution in [-0.4, -0.2) is 35.6 Å². The van der Waals surface area contributed by atoms with Crippen LogP contribution in [0.4, 0.5) is 4.39 Å². The van der Waals surface area contributed by atoms with E-state index in [2.05, 4.69) is 5.32 Å². The van der Waals surface area contributed by atoms with Crippen molar-refractivity contribution < 1.29 is 18.7 Å². The van der Waals surface area contributed by atoms with Crippen molar-refractivity contribution in [3.8, 4) is 11.5 Å². The summed E-state index contributed by atoms with van der Waals surface area (Å²) in [5.41, 5.74) is 2.51. The summed E-state index contributed by atoms with van der Waals surface area (Å²) in [4.78, 5) is 25.3. The van der Waals surface area contributed by atoms with E-state index < -0.39 is 5.82 Å². The molecule has 33 heavy (non-hydrogen) atoms. The number of hydrogen-bond acceptors (Lipinski definition) is 4. The van der Waals surface area contributed by atoms with Gasteiger partial charge in [0.1, 0.15) is 22.8 Å². The fourth-order valence-corrected chi connectivity index (χ4v) is 4.05. The first-order chi connectivity index (χ1) is 16.0. The van der Waals surface area contributed by atoms with Crippen LogP contribution in [0.5, 0.6) is 11.5 Å². The van der Waals surface area contributed by atoms with Gasteiger partial charge in [-0.05, 0) is 66.9 Å². The van der Waals surface area contributed by atoms with E-state index in [0.29, 0.717) is 37.0 Å². The molecule has 4 aromatic rings. The highest BCUT2D eigenvalue weighted by Crippen LogP contribution is 2.24. The number of fused-ring (bicyclic) bond motifs is 3. The summed E-state index contributed by atoms with van der Waals surface area (Å²) in [6.45, 7) is 0.768. The number of aryl methyl sites for hydroxylation is 1. The Bertz CT molecular complexity index is 1360. The van der Waals surface area contributed by atoms with Gasteiger partial charge in [0, 0.05) is 25.7 Å². The summed E-state index contributed by atoms with van der Waals surface area (Å²) >= 11 is 0. The molecule has 0 atom stereocenters. The van der Waals surface area contributed by atoms with Crippen molar-refractivity contribution in [3.05, 3.63) is 76.5 Å². The number of ether oxygens (including phenoxy) is 2. The van der Waals surface area contributed by atoms with Crippen LogP contribution in [-0.2, 0) is 17.8 Å². The molecule has 0 aliphatic rings. The van der Waals surface area contributed by atoms with Gasteiger partial charge in [-0.25, -0.2) is 4.39 Å². The van der Waals surface area contributed by atoms with Crippen LogP contribution < -0.4 is 20.3 Å². The Morgan fingerprint density at radius 1 is 1.03 bits per heavy atom. The molecule has 172 valence electrons. The average Bonchev–Trinajstić information content (AvgIpc) is 3.31. The molecule has 0 radical (unpaired) electrons. The number of nitrogens with zero attached hydrogens (tertiary/aromatic N) is 2. The van der Waals surface area contributed by atoms with Crippen LogP contribution in [0, 0.1) is 5.82 Å². The summed E-state index contributed by atoms with van der Waals surface area (Å²) in [6.07, 6.45) is 3.09. The molecular formula is C25H26FN3O4. The number of amides is 1. The Kier molecular flexibility index (Phi) is 6.63. The fraction of sp³-hybridized carbons (Fsp3) is 0.280. The zero-order valence-electron chi connectivity index (χ0n) is 18.6. The summed E-state index contributed by atoms with van der Waals surface area (Å²) in [5, 5.41) is 2.91. The molecule has 0 unspecified atom stereocenters. The monoisotopic (exact) mass is 451 g/mol. The molecule has 0 aliphatic heterocycles. The smallest absolute Gasteiger partial charge is 0.275 e. The minimum atomic E-state index is -0.409. The SMILES string of the molecule is COc1ccc(OC)c(CCNC(=O)CCCn2c(=O)c3cccn3c3ccc(F)cc32)c1. The predicted octanol–water partition coefficient (Wildman–Crippen LogP) is 3.55. The highest BCUT2D eigenvalue weighted by molar-refractivity contribution is 5.79. The van der Waals surface area contributed by atoms with E-state index in [0.717, 1.165) is 22.6 Å². The van der Waals surface area contributed by atoms with Crippen molar-refractivity contribution in [2.45, 2.75) is 25.8 Å². The van der Waals surface area contributed by atoms with E-state index >= 15 is 0 Å². The minimum absolute atomic E-state index is 0.107. The number of benzene rings is 2. The topological polar surface area (TPSA) is 74.0 Å². The van der Waals surface area contributed by atoms with Crippen molar-refractivity contribution >= 4 is 22.5 Å². The van der Waals surface area contributed by atoms with E-state index in [-0.39, 0.29) is 17.9 Å². The van der Waals surface area contributed by atoms with Gasteiger partial charge in [-0.15, -0.1) is 0 Å². The zero-order chi connectivity index (χ0) is 23.4. The number of methoxy groups -OCH3 is 2. The molecule has 0 saturated carbocycles. The van der Waals surface area contributed by atoms with Gasteiger partial charge < -0.3 is 23.8 Å². The number of aromatic nitrogens is 2. The lowest BCUT2D eigenvalue weighted by molar-refractivity contribution is -0.121. The first-order valence-corrected chi connectivity index (χ1v) is 10.8. The molecule has 0 spiro atoms. The summed E-state index contributed by atoms with van der Waals surface area (Å²) in [6, 6.07) is 13.5. The Labute approximate surface area is 190 Å². The molecule has 0 saturated heterocycles. The number of nitrogens with one attached hydrogen (secondary N) is 1. The first kappa shape index (κ1) is 22.4. The first-order valence-electron chi connectivity index (χ1n) is 10.8. The minimum Gasteiger partial charge on any atom is -0.497 e. The molecule has 0 bridgehead atoms. The molecule has 2 aromatic heterocycles. The van der Waals surface area contributed by atoms with Gasteiger partial charge in [-0.1, -0.05) is 0 Å². The zero-order valence-corrected chi connectivity index (χ0v) is 18.6. The Hall–Kier alpha value is -3.81. The number of halogens is 1. The summed E-state index contributed by atoms with van der Waals surface area (Å²) in [5.74, 6) is 0.951. The molecule has 4 rings (SSSR count). The van der Waals surface area contributed by atoms with Gasteiger partial charge in [-0.3, -0.25) is 9.59 Å². The summed E-state index contributed by atoms with van der Waals surface area (Å²) in [7, 11) is 3.21. The van der Waals surface area contributed by atoms with Gasteiger partial charge in [0.05, 0.1) is 25.3 Å². The molecule has 1 amide bonds. The maximum absolute atomic E-state index is 13.9. The molecule has 0 aliphatic carbocycles. The van der Waals surface area contributed by atoms with Gasteiger partial charge >= 0.3 is 0 Å². The number of carbonyl (C=O) groups is 1. The Morgan fingerprint density at radius 3 is 2.67 bits per heavy atom. The highest BCUT2D eigenvalue weighted by atomic mass is 19.1. The maximum Gasteiger partial charge on any atom is 0.275 e. The quantitative estimate of drug-likeness (QED) is 0.422. The third kappa shape index (κ3) is 4.69. The normalized spacial score (nSPS) is 11.1. The van der Waals surface area contributed by atoms with Crippen LogP contribution in [0.15, 0.2) is 59.5 Å². The second-order valence-corrected chi connectivity index (χ2v) is 7.73. The third-order valence-electron chi connectivity index (χ3n) is 5.69. The molecule has 1 N–H and O–H groups in total. The molecule has 8 heteroatoms. The lowest BCUT2D eigenvalue weighted by atomic mass is 10.1. The van der Waals surface area contributed by atoms with E-state index in [1.807, 2.05) is 18.2 Å². The average molecular weight is 451 g/mol. The van der Waals surface area contributed by atoms with Gasteiger partial charge in [0.15, 0.2) is 0 Å². The van der Waals surface area contributed by atoms with Gasteiger partial charge in [0.25, 0.3) is 5.56 Å². The largest absolute Gasteiger partial charge is 0.497 e. The van der Waals surface area contributed by atoms with Crippen molar-refractivity contribution in [2.75, 3.05) is 20.8 Å². The Balaban J connectivity index is 1.39. The van der Waals surface area contributed by atoms with Crippen LogP contribution in [0.2, 0.25) is 0 Å². The standard InChI is InChI=1S/C25H26FN3O4/c1-32-19-8-10-23(33-2)17(15-19)11-12-27-24(30)6-4-14-29-22-16-18(26)7-9-20(22)28-13-3-5-21(28)25(29)31/h3,5,7-10,13,15-16H,4,6,11-12,14H2,1-2H3,(H,27,30). The highest BCUT2D eigenvalue weighted by Gasteiger charge is 2.12. The predicted molar refractivity (Wildman–Crippen MR) is 125 cm³/mol. The molecular weight excluding hydrogens is 425 g/mol. The summed E-state index contributed by atoms with van der Waals surface area (Å²) < 4.78 is 27.8. The van der Waals surface area contributed by atoms with Crippen LogP contribution in [0.3, 0.4) is 0 Å². The number of hydrogen-bond donors (Lipinski definition) is 1. The van der Waals surface area contributed by atoms with Crippen LogP contribution in [0.25, 0.3) is 16.6 Å². The lowest BCUT2D eigenvalue weighted by Gasteiger charge is -2.13. The maximum atomic E-state index is 13.9. The van der Waals surface area contributed by atoms with Crippen LogP contribution in [0.1, 0.15) is 18.4 Å². The van der Waals surface area contributed by atoms with Gasteiger partial charge in [0.2, 0.25) is 5.91 Å². The second kappa shape index (κ2) is 9.77. The molecule has 0 fully saturated rings. The van der Waals surface area contributed by atoms with E-state index in [1.165, 1.54) is 12.1 Å². The van der Waals surface area contributed by atoms with Crippen LogP contribution >= 0.6 is 0 Å². The fourth-order valence-electron chi connectivity index (χ4n) is 4.05. The number of carbonyl (C=O) groups excluding carboxylic acids is 1. The van der Waals surface area contributed by atoms with Crippen molar-refractivity contribution in [1.29, 1.82) is 0 Å².